The van der Waals surface area contributed by atoms with Crippen molar-refractivity contribution in [1.29, 1.82) is 0 Å². The van der Waals surface area contributed by atoms with Gasteiger partial charge in [0.2, 0.25) is 0 Å². The SMILES string of the molecule is CC1CCCCN1CCCN=C(N)N1CCN(c2ccc(F)cc2)CC1.I. The molecule has 2 aliphatic rings. The number of anilines is 1. The van der Waals surface area contributed by atoms with E-state index in [9.17, 15) is 4.39 Å². The molecule has 2 saturated heterocycles. The fourth-order valence-corrected chi connectivity index (χ4v) is 3.90. The Bertz CT molecular complexity index is 587. The molecule has 1 unspecified atom stereocenters. The van der Waals surface area contributed by atoms with Gasteiger partial charge < -0.3 is 20.4 Å². The van der Waals surface area contributed by atoms with Gasteiger partial charge in [0.1, 0.15) is 5.82 Å². The van der Waals surface area contributed by atoms with Crippen molar-refractivity contribution in [2.24, 2.45) is 10.7 Å². The van der Waals surface area contributed by atoms with Crippen LogP contribution in [0.2, 0.25) is 0 Å². The molecule has 0 radical (unpaired) electrons. The second-order valence-electron chi connectivity index (χ2n) is 7.42. The third-order valence-corrected chi connectivity index (χ3v) is 5.61. The van der Waals surface area contributed by atoms with Crippen LogP contribution < -0.4 is 10.6 Å². The lowest BCUT2D eigenvalue weighted by molar-refractivity contribution is 0.160. The first-order valence-corrected chi connectivity index (χ1v) is 9.93. The Kier molecular flexibility index (Phi) is 9.08. The van der Waals surface area contributed by atoms with E-state index in [4.69, 9.17) is 5.73 Å². The predicted molar refractivity (Wildman–Crippen MR) is 122 cm³/mol. The van der Waals surface area contributed by atoms with Crippen LogP contribution in [0.1, 0.15) is 32.6 Å². The summed E-state index contributed by atoms with van der Waals surface area (Å²) in [5.74, 6) is 0.471. The molecule has 1 atom stereocenters. The highest BCUT2D eigenvalue weighted by Crippen LogP contribution is 2.17. The number of rotatable bonds is 5. The van der Waals surface area contributed by atoms with Gasteiger partial charge in [0.25, 0.3) is 0 Å². The number of likely N-dealkylation sites (tertiary alicyclic amines) is 1. The van der Waals surface area contributed by atoms with E-state index in [1.807, 2.05) is 12.1 Å². The molecule has 2 N–H and O–H groups in total. The Balaban J connectivity index is 0.00000261. The molecule has 152 valence electrons. The van der Waals surface area contributed by atoms with Crippen molar-refractivity contribution in [1.82, 2.24) is 9.80 Å². The zero-order chi connectivity index (χ0) is 18.4. The number of aliphatic imine (C=N–C) groups is 1. The Morgan fingerprint density at radius 1 is 1.11 bits per heavy atom. The minimum Gasteiger partial charge on any atom is -0.370 e. The summed E-state index contributed by atoms with van der Waals surface area (Å²) in [6.45, 7) is 8.96. The molecule has 0 aliphatic carbocycles. The number of nitrogens with zero attached hydrogens (tertiary/aromatic N) is 4. The van der Waals surface area contributed by atoms with Crippen molar-refractivity contribution in [2.45, 2.75) is 38.6 Å². The Morgan fingerprint density at radius 3 is 2.48 bits per heavy atom. The number of guanidine groups is 1. The average molecular weight is 489 g/mol. The van der Waals surface area contributed by atoms with Crippen molar-refractivity contribution in [2.75, 3.05) is 50.7 Å². The van der Waals surface area contributed by atoms with E-state index < -0.39 is 0 Å². The minimum atomic E-state index is -0.192. The van der Waals surface area contributed by atoms with E-state index in [-0.39, 0.29) is 29.8 Å². The van der Waals surface area contributed by atoms with Crippen LogP contribution in [-0.2, 0) is 0 Å². The number of benzene rings is 1. The molecule has 1 aromatic carbocycles. The molecule has 2 heterocycles. The maximum absolute atomic E-state index is 13.0. The molecular formula is C20H33FIN5. The highest BCUT2D eigenvalue weighted by Gasteiger charge is 2.19. The summed E-state index contributed by atoms with van der Waals surface area (Å²) >= 11 is 0. The van der Waals surface area contributed by atoms with E-state index in [1.165, 1.54) is 37.9 Å². The Labute approximate surface area is 179 Å². The number of piperazine rings is 1. The lowest BCUT2D eigenvalue weighted by atomic mass is 10.0. The van der Waals surface area contributed by atoms with Crippen molar-refractivity contribution in [3.8, 4) is 0 Å². The highest BCUT2D eigenvalue weighted by molar-refractivity contribution is 14.0. The van der Waals surface area contributed by atoms with Crippen LogP contribution in [0.3, 0.4) is 0 Å². The molecular weight excluding hydrogens is 456 g/mol. The van der Waals surface area contributed by atoms with Gasteiger partial charge in [0.15, 0.2) is 5.96 Å². The predicted octanol–water partition coefficient (Wildman–Crippen LogP) is 3.14. The van der Waals surface area contributed by atoms with Crippen molar-refractivity contribution < 1.29 is 4.39 Å². The molecule has 0 bridgehead atoms. The molecule has 3 rings (SSSR count). The van der Waals surface area contributed by atoms with Gasteiger partial charge in [0, 0.05) is 51.0 Å². The summed E-state index contributed by atoms with van der Waals surface area (Å²) in [5, 5.41) is 0. The van der Waals surface area contributed by atoms with E-state index in [0.29, 0.717) is 12.0 Å². The summed E-state index contributed by atoms with van der Waals surface area (Å²) in [6, 6.07) is 7.42. The number of hydrogen-bond acceptors (Lipinski definition) is 3. The van der Waals surface area contributed by atoms with Crippen molar-refractivity contribution in [3.05, 3.63) is 30.1 Å². The quantitative estimate of drug-likeness (QED) is 0.299. The Hall–Kier alpha value is -1.09. The normalized spacial score (nSPS) is 21.9. The van der Waals surface area contributed by atoms with Gasteiger partial charge in [-0.25, -0.2) is 4.39 Å². The second kappa shape index (κ2) is 11.0. The van der Waals surface area contributed by atoms with Gasteiger partial charge in [-0.3, -0.25) is 4.99 Å². The van der Waals surface area contributed by atoms with Gasteiger partial charge >= 0.3 is 0 Å². The fourth-order valence-electron chi connectivity index (χ4n) is 3.90. The topological polar surface area (TPSA) is 48.1 Å². The molecule has 0 saturated carbocycles. The molecule has 5 nitrogen and oxygen atoms in total. The van der Waals surface area contributed by atoms with Crippen LogP contribution in [0.5, 0.6) is 0 Å². The van der Waals surface area contributed by atoms with Crippen LogP contribution in [-0.4, -0.2) is 67.6 Å². The molecule has 1 aromatic rings. The first-order valence-electron chi connectivity index (χ1n) is 9.93. The van der Waals surface area contributed by atoms with E-state index in [2.05, 4.69) is 26.6 Å². The molecule has 0 amide bonds. The average Bonchev–Trinajstić information content (AvgIpc) is 2.67. The number of piperidine rings is 1. The third kappa shape index (κ3) is 6.48. The van der Waals surface area contributed by atoms with Crippen molar-refractivity contribution in [3.63, 3.8) is 0 Å². The summed E-state index contributed by atoms with van der Waals surface area (Å²) in [5.41, 5.74) is 7.26. The number of halogens is 2. The van der Waals surface area contributed by atoms with Crippen LogP contribution in [0.25, 0.3) is 0 Å². The fraction of sp³-hybridized carbons (Fsp3) is 0.650. The third-order valence-electron chi connectivity index (χ3n) is 5.61. The summed E-state index contributed by atoms with van der Waals surface area (Å²) in [7, 11) is 0. The number of hydrogen-bond donors (Lipinski definition) is 1. The maximum atomic E-state index is 13.0. The smallest absolute Gasteiger partial charge is 0.191 e. The lowest BCUT2D eigenvalue weighted by Gasteiger charge is -2.36. The molecule has 0 spiro atoms. The summed E-state index contributed by atoms with van der Waals surface area (Å²) < 4.78 is 13.0. The van der Waals surface area contributed by atoms with E-state index in [0.717, 1.165) is 51.4 Å². The van der Waals surface area contributed by atoms with Crippen molar-refractivity contribution >= 4 is 35.6 Å². The lowest BCUT2D eigenvalue weighted by Crippen LogP contribution is -2.51. The maximum Gasteiger partial charge on any atom is 0.191 e. The standard InChI is InChI=1S/C20H32FN5.HI/c1-17-5-2-3-11-24(17)12-4-10-23-20(22)26-15-13-25(14-16-26)19-8-6-18(21)7-9-19;/h6-9,17H,2-5,10-16H2,1H3,(H2,22,23);1H. The highest BCUT2D eigenvalue weighted by atomic mass is 127. The van der Waals surface area contributed by atoms with Crippen LogP contribution in [0, 0.1) is 5.82 Å². The van der Waals surface area contributed by atoms with Crippen LogP contribution in [0.15, 0.2) is 29.3 Å². The first kappa shape index (κ1) is 22.2. The molecule has 2 aliphatic heterocycles. The van der Waals surface area contributed by atoms with Gasteiger partial charge in [0.05, 0.1) is 0 Å². The monoisotopic (exact) mass is 489 g/mol. The molecule has 2 fully saturated rings. The Morgan fingerprint density at radius 2 is 1.81 bits per heavy atom. The molecule has 0 aromatic heterocycles. The first-order chi connectivity index (χ1) is 12.6. The van der Waals surface area contributed by atoms with Gasteiger partial charge in [-0.15, -0.1) is 24.0 Å². The molecule has 7 heteroatoms. The molecule has 27 heavy (non-hydrogen) atoms. The largest absolute Gasteiger partial charge is 0.370 e. The number of nitrogens with two attached hydrogens (primary N) is 1. The van der Waals surface area contributed by atoms with E-state index >= 15 is 0 Å². The van der Waals surface area contributed by atoms with Gasteiger partial charge in [-0.05, 0) is 57.0 Å². The second-order valence-corrected chi connectivity index (χ2v) is 7.42. The zero-order valence-corrected chi connectivity index (χ0v) is 18.6. The zero-order valence-electron chi connectivity index (χ0n) is 16.3. The van der Waals surface area contributed by atoms with Gasteiger partial charge in [-0.2, -0.15) is 0 Å². The van der Waals surface area contributed by atoms with Gasteiger partial charge in [-0.1, -0.05) is 6.42 Å². The minimum absolute atomic E-state index is 0. The summed E-state index contributed by atoms with van der Waals surface area (Å²) in [4.78, 5) is 11.6. The van der Waals surface area contributed by atoms with Crippen LogP contribution >= 0.6 is 24.0 Å². The van der Waals surface area contributed by atoms with Crippen LogP contribution in [0.4, 0.5) is 10.1 Å². The summed E-state index contributed by atoms with van der Waals surface area (Å²) in [6.07, 6.45) is 5.09. The van der Waals surface area contributed by atoms with E-state index in [1.54, 1.807) is 0 Å².